The average Bonchev–Trinajstić information content (AvgIpc) is 3.28. The van der Waals surface area contributed by atoms with Gasteiger partial charge in [0.05, 0.1) is 25.0 Å². The Hall–Kier alpha value is -3.38. The van der Waals surface area contributed by atoms with Crippen LogP contribution in [0.1, 0.15) is 55.5 Å². The van der Waals surface area contributed by atoms with Gasteiger partial charge in [-0.1, -0.05) is 61.4 Å². The summed E-state index contributed by atoms with van der Waals surface area (Å²) < 4.78 is 76.5. The number of ether oxygens (including phenoxy) is 1. The number of alkyl halides is 3. The number of carbonyl (C=O) groups is 1. The van der Waals surface area contributed by atoms with Crippen molar-refractivity contribution >= 4 is 68.8 Å². The molecular weight excluding hydrogens is 887 g/mol. The summed E-state index contributed by atoms with van der Waals surface area (Å²) in [7, 11) is 0. The Kier molecular flexibility index (Phi) is 16.4. The average molecular weight is 943 g/mol. The van der Waals surface area contributed by atoms with E-state index in [0.29, 0.717) is 31.9 Å². The van der Waals surface area contributed by atoms with Crippen LogP contribution >= 0.6 is 23.4 Å². The number of rotatable bonds is 16. The highest BCUT2D eigenvalue weighted by atomic mass is 35.5. The minimum atomic E-state index is -5.07. The number of allylic oxidation sites excluding steroid dienone is 1. The van der Waals surface area contributed by atoms with Crippen LogP contribution in [-0.4, -0.2) is 108 Å². The first-order valence-corrected chi connectivity index (χ1v) is 25.0. The Morgan fingerprint density at radius 3 is 2.29 bits per heavy atom. The maximum absolute atomic E-state index is 14.1. The minimum Gasteiger partial charge on any atom is -0.604 e. The molecule has 1 amide bonds. The lowest BCUT2D eigenvalue weighted by atomic mass is 9.73. The molecule has 16 heteroatoms. The molecule has 1 aliphatic carbocycles. The molecule has 338 valence electrons. The highest BCUT2D eigenvalue weighted by molar-refractivity contribution is 7.99. The van der Waals surface area contributed by atoms with Gasteiger partial charge in [-0.3, -0.25) is 14.6 Å². The van der Waals surface area contributed by atoms with Crippen molar-refractivity contribution < 1.29 is 31.8 Å². The van der Waals surface area contributed by atoms with Gasteiger partial charge in [-0.05, 0) is 103 Å². The van der Waals surface area contributed by atoms with Crippen LogP contribution in [0.5, 0.6) is 0 Å². The number of benzene rings is 4. The van der Waals surface area contributed by atoms with Crippen molar-refractivity contribution in [2.75, 3.05) is 81.5 Å². The maximum Gasteiger partial charge on any atom is 0.578 e. The zero-order valence-electron chi connectivity index (χ0n) is 35.6. The van der Waals surface area contributed by atoms with Gasteiger partial charge < -0.3 is 24.1 Å². The Bertz CT molecular complexity index is 2150. The molecule has 7 rings (SSSR count). The first-order chi connectivity index (χ1) is 30.2. The smallest absolute Gasteiger partial charge is 0.578 e. The van der Waals surface area contributed by atoms with Crippen LogP contribution in [0.25, 0.3) is 5.57 Å². The highest BCUT2D eigenvalue weighted by Crippen LogP contribution is 2.43. The first-order valence-electron chi connectivity index (χ1n) is 21.3. The largest absolute Gasteiger partial charge is 0.604 e. The van der Waals surface area contributed by atoms with Gasteiger partial charge in [-0.2, -0.15) is 4.72 Å². The zero-order valence-corrected chi connectivity index (χ0v) is 38.8. The van der Waals surface area contributed by atoms with Gasteiger partial charge in [0, 0.05) is 85.3 Å². The van der Waals surface area contributed by atoms with Crippen molar-refractivity contribution in [1.29, 1.82) is 0 Å². The molecule has 9 nitrogen and oxygen atoms in total. The van der Waals surface area contributed by atoms with Gasteiger partial charge in [-0.25, -0.2) is 0 Å². The molecule has 4 aromatic carbocycles. The fraction of sp³-hybridized carbons (Fsp3) is 0.426. The summed E-state index contributed by atoms with van der Waals surface area (Å²) in [5.41, 5.74) is 0.602. The summed E-state index contributed by atoms with van der Waals surface area (Å²) in [4.78, 5) is 20.7. The third-order valence-electron chi connectivity index (χ3n) is 11.9. The van der Waals surface area contributed by atoms with E-state index in [1.807, 2.05) is 54.6 Å². The standard InChI is InChI=1S/C47H55ClF3N5O4S3/c1-46(2)20-18-42(34-8-12-37(48)13-9-34)36(31-46)32-55-22-24-56(25-23-55)39-14-10-35(11-15-39)45(57)53-63(59)41-16-17-43(44(30-41)62(58)47(49,50)51)52-38(19-21-54-26-28-60-29-27-54)33-61-40-6-4-3-5-7-40/h3-17,30,38,52H,18-29,31-33H2,1-2H3,(H,53,57)/t38-,62?,63?/m1/s1. The van der Waals surface area contributed by atoms with E-state index in [4.69, 9.17) is 16.3 Å². The fourth-order valence-corrected chi connectivity index (χ4v) is 11.2. The number of hydrogen-bond donors (Lipinski definition) is 2. The quantitative estimate of drug-likeness (QED) is 0.0840. The van der Waals surface area contributed by atoms with Crippen LogP contribution in [0.4, 0.5) is 24.5 Å². The molecule has 2 saturated heterocycles. The lowest BCUT2D eigenvalue weighted by Gasteiger charge is -2.39. The number of piperazine rings is 1. The summed E-state index contributed by atoms with van der Waals surface area (Å²) in [5.74, 6) is -0.110. The zero-order chi connectivity index (χ0) is 44.6. The third kappa shape index (κ3) is 13.4. The van der Waals surface area contributed by atoms with E-state index in [2.05, 4.69) is 50.7 Å². The summed E-state index contributed by atoms with van der Waals surface area (Å²) in [5, 5.41) is 3.98. The maximum atomic E-state index is 14.1. The number of amides is 1. The normalized spacial score (nSPS) is 19.1. The van der Waals surface area contributed by atoms with Gasteiger partial charge in [0.15, 0.2) is 9.79 Å². The molecule has 2 N–H and O–H groups in total. The summed E-state index contributed by atoms with van der Waals surface area (Å²) in [6.45, 7) is 12.5. The van der Waals surface area contributed by atoms with Crippen LogP contribution in [0.2, 0.25) is 5.02 Å². The molecule has 0 bridgehead atoms. The minimum absolute atomic E-state index is 0.0347. The number of hydrogen-bond acceptors (Lipinski definition) is 9. The molecule has 0 aromatic heterocycles. The molecule has 0 saturated carbocycles. The third-order valence-corrected chi connectivity index (χ3v) is 15.5. The predicted octanol–water partition coefficient (Wildman–Crippen LogP) is 9.50. The Labute approximate surface area is 384 Å². The molecular formula is C47H55ClF3N5O4S3. The molecule has 2 heterocycles. The monoisotopic (exact) mass is 941 g/mol. The van der Waals surface area contributed by atoms with E-state index in [1.165, 1.54) is 28.8 Å². The molecule has 63 heavy (non-hydrogen) atoms. The Morgan fingerprint density at radius 2 is 1.60 bits per heavy atom. The molecule has 2 aliphatic heterocycles. The number of anilines is 2. The van der Waals surface area contributed by atoms with Gasteiger partial charge >= 0.3 is 5.51 Å². The Morgan fingerprint density at radius 1 is 0.905 bits per heavy atom. The topological polar surface area (TPSA) is 106 Å². The van der Waals surface area contributed by atoms with E-state index in [-0.39, 0.29) is 27.6 Å². The molecule has 2 fully saturated rings. The van der Waals surface area contributed by atoms with Crippen molar-refractivity contribution in [3.8, 4) is 0 Å². The number of morpholine rings is 1. The lowest BCUT2D eigenvalue weighted by molar-refractivity contribution is -0.0435. The van der Waals surface area contributed by atoms with E-state index in [0.717, 1.165) is 86.7 Å². The number of nitrogens with zero attached hydrogens (tertiary/aromatic N) is 3. The van der Waals surface area contributed by atoms with Crippen molar-refractivity contribution in [3.05, 3.63) is 119 Å². The predicted molar refractivity (Wildman–Crippen MR) is 250 cm³/mol. The lowest BCUT2D eigenvalue weighted by Crippen LogP contribution is -2.47. The number of carbonyl (C=O) groups excluding carboxylic acids is 1. The second kappa shape index (κ2) is 21.7. The molecule has 0 radical (unpaired) electrons. The van der Waals surface area contributed by atoms with Gasteiger partial charge in [0.25, 0.3) is 5.91 Å². The van der Waals surface area contributed by atoms with Crippen molar-refractivity contribution in [3.63, 3.8) is 0 Å². The Balaban J connectivity index is 0.975. The van der Waals surface area contributed by atoms with Gasteiger partial charge in [0.2, 0.25) is 0 Å². The molecule has 2 unspecified atom stereocenters. The molecule has 0 spiro atoms. The van der Waals surface area contributed by atoms with Crippen molar-refractivity contribution in [2.24, 2.45) is 5.41 Å². The summed E-state index contributed by atoms with van der Waals surface area (Å²) in [6, 6.07) is 28.4. The van der Waals surface area contributed by atoms with Crippen LogP contribution in [0.15, 0.2) is 117 Å². The van der Waals surface area contributed by atoms with Crippen molar-refractivity contribution in [1.82, 2.24) is 14.5 Å². The fourth-order valence-electron chi connectivity index (χ4n) is 8.33. The van der Waals surface area contributed by atoms with Gasteiger partial charge in [-0.15, -0.1) is 24.9 Å². The van der Waals surface area contributed by atoms with E-state index >= 15 is 0 Å². The van der Waals surface area contributed by atoms with Crippen molar-refractivity contribution in [2.45, 2.75) is 65.8 Å². The second-order valence-corrected chi connectivity index (χ2v) is 21.2. The van der Waals surface area contributed by atoms with E-state index < -0.39 is 38.8 Å². The van der Waals surface area contributed by atoms with Crippen LogP contribution in [0, 0.1) is 5.41 Å². The second-order valence-electron chi connectivity index (χ2n) is 17.0. The van der Waals surface area contributed by atoms with Crippen LogP contribution in [-0.2, 0) is 27.3 Å². The van der Waals surface area contributed by atoms with E-state index in [1.54, 1.807) is 23.9 Å². The number of nitrogens with one attached hydrogen (secondary N) is 2. The molecule has 3 atom stereocenters. The summed E-state index contributed by atoms with van der Waals surface area (Å²) >= 11 is 2.10. The van der Waals surface area contributed by atoms with Crippen LogP contribution in [0.3, 0.4) is 0 Å². The highest BCUT2D eigenvalue weighted by Gasteiger charge is 2.48. The molecule has 3 aliphatic rings. The molecule has 4 aromatic rings. The first kappa shape index (κ1) is 47.6. The van der Waals surface area contributed by atoms with Crippen LogP contribution < -0.4 is 14.9 Å². The van der Waals surface area contributed by atoms with Gasteiger partial charge in [0.1, 0.15) is 22.5 Å². The SMILES string of the molecule is CC1(C)CCC(c2ccc(Cl)cc2)=C(CN2CCN(c3ccc(C(=O)N[S+]([O-])c4ccc(N[C@H](CCN5CCOCC5)CSc5ccccc5)c([S+]([O-])C(F)(F)F)c4)cc3)CC2)C1. The number of thioether (sulfide) groups is 1. The van der Waals surface area contributed by atoms with E-state index in [9.17, 15) is 27.1 Å². The summed E-state index contributed by atoms with van der Waals surface area (Å²) in [6.07, 6.45) is 3.86. The number of halogens is 4.